The van der Waals surface area contributed by atoms with Gasteiger partial charge in [0, 0.05) is 32.8 Å². The van der Waals surface area contributed by atoms with E-state index in [9.17, 15) is 0 Å². The number of allylic oxidation sites excluding steroid dienone is 6. The van der Waals surface area contributed by atoms with Gasteiger partial charge in [0.25, 0.3) is 0 Å². The highest BCUT2D eigenvalue weighted by atomic mass is 15.1. The number of likely N-dealkylation sites (tertiary alicyclic amines) is 1. The van der Waals surface area contributed by atoms with Gasteiger partial charge in [0.05, 0.1) is 6.07 Å². The smallest absolute Gasteiger partial charge is 0.0940 e. The van der Waals surface area contributed by atoms with Crippen LogP contribution in [0.2, 0.25) is 0 Å². The van der Waals surface area contributed by atoms with Crippen LogP contribution in [0.1, 0.15) is 80.6 Å². The van der Waals surface area contributed by atoms with Gasteiger partial charge in [-0.1, -0.05) is 49.0 Å². The maximum atomic E-state index is 8.29. The van der Waals surface area contributed by atoms with E-state index in [1.807, 2.05) is 72.8 Å². The second-order valence-electron chi connectivity index (χ2n) is 9.41. The Balaban J connectivity index is -0.000000190. The molecule has 1 aliphatic heterocycles. The SMILES string of the molecule is C/C(C#N)=C/C1CC1.C/C=C/CN(C)C.C/C=C/CN1CCCCC1.C/C=C/N(C)C.C=CC.CC#CC. The molecular formula is C34H62N4. The van der Waals surface area contributed by atoms with Crippen LogP contribution in [0.5, 0.6) is 0 Å². The minimum atomic E-state index is 0.745. The Morgan fingerprint density at radius 2 is 1.39 bits per heavy atom. The summed E-state index contributed by atoms with van der Waals surface area (Å²) in [7, 11) is 8.11. The van der Waals surface area contributed by atoms with Gasteiger partial charge in [0.2, 0.25) is 0 Å². The van der Waals surface area contributed by atoms with E-state index < -0.39 is 0 Å². The lowest BCUT2D eigenvalue weighted by Crippen LogP contribution is -2.29. The van der Waals surface area contributed by atoms with Crippen molar-refractivity contribution in [1.82, 2.24) is 14.7 Å². The number of piperidine rings is 1. The first-order valence-electron chi connectivity index (χ1n) is 14.0. The molecule has 1 saturated heterocycles. The van der Waals surface area contributed by atoms with E-state index in [-0.39, 0.29) is 0 Å². The van der Waals surface area contributed by atoms with E-state index in [4.69, 9.17) is 5.26 Å². The Morgan fingerprint density at radius 1 is 0.895 bits per heavy atom. The number of hydrogen-bond donors (Lipinski definition) is 0. The van der Waals surface area contributed by atoms with Crippen molar-refractivity contribution in [1.29, 1.82) is 5.26 Å². The predicted octanol–water partition coefficient (Wildman–Crippen LogP) is 8.34. The fourth-order valence-electron chi connectivity index (χ4n) is 2.66. The third-order valence-electron chi connectivity index (χ3n) is 4.74. The first-order chi connectivity index (χ1) is 18.1. The van der Waals surface area contributed by atoms with E-state index in [1.165, 1.54) is 45.2 Å². The van der Waals surface area contributed by atoms with Gasteiger partial charge in [-0.25, -0.2) is 0 Å². The Labute approximate surface area is 239 Å². The second kappa shape index (κ2) is 36.6. The highest BCUT2D eigenvalue weighted by Crippen LogP contribution is 2.30. The monoisotopic (exact) mass is 526 g/mol. The zero-order chi connectivity index (χ0) is 30.0. The van der Waals surface area contributed by atoms with Gasteiger partial charge >= 0.3 is 0 Å². The summed E-state index contributed by atoms with van der Waals surface area (Å²) < 4.78 is 0. The molecule has 2 rings (SSSR count). The summed E-state index contributed by atoms with van der Waals surface area (Å²) in [5, 5.41) is 8.29. The van der Waals surface area contributed by atoms with E-state index in [0.29, 0.717) is 0 Å². The molecule has 0 unspecified atom stereocenters. The summed E-state index contributed by atoms with van der Waals surface area (Å²) in [6.45, 7) is 21.7. The molecule has 0 N–H and O–H groups in total. The first-order valence-corrected chi connectivity index (χ1v) is 14.0. The van der Waals surface area contributed by atoms with Crippen LogP contribution >= 0.6 is 0 Å². The van der Waals surface area contributed by atoms with E-state index in [1.54, 1.807) is 6.08 Å². The van der Waals surface area contributed by atoms with Gasteiger partial charge in [-0.2, -0.15) is 5.26 Å². The summed E-state index contributed by atoms with van der Waals surface area (Å²) in [4.78, 5) is 6.64. The molecule has 0 spiro atoms. The fraction of sp³-hybridized carbons (Fsp3) is 0.618. The largest absolute Gasteiger partial charge is 0.384 e. The molecule has 0 aromatic carbocycles. The molecule has 1 aliphatic carbocycles. The number of rotatable bonds is 6. The van der Waals surface area contributed by atoms with Gasteiger partial charge < -0.3 is 9.80 Å². The average Bonchev–Trinajstić information content (AvgIpc) is 3.72. The lowest BCUT2D eigenvalue weighted by atomic mass is 10.1. The van der Waals surface area contributed by atoms with Gasteiger partial charge in [-0.15, -0.1) is 18.4 Å². The maximum absolute atomic E-state index is 8.29. The summed E-state index contributed by atoms with van der Waals surface area (Å²) in [5.74, 6) is 6.11. The standard InChI is InChI=1S/C9H17N.C7H9N.C6H13N.C5H11N.C4H6.C3H6/c1-2-3-7-10-8-5-4-6-9-10;1-6(5-8)4-7-2-3-7;1-4-5-6-7(2)3;1-4-5-6(2)3;1-3-4-2;1-3-2/h2-3H,4-9H2,1H3;4,7H,2-3H2,1H3;4-5H,6H2,1-3H3;4-5H,1-3H3;1-2H3;3H,1H2,2H3/b3-2+;6-4-;2*5-4+;;. The fourth-order valence-corrected chi connectivity index (χ4v) is 2.66. The van der Waals surface area contributed by atoms with E-state index in [0.717, 1.165) is 24.6 Å². The third kappa shape index (κ3) is 50.4. The average molecular weight is 527 g/mol. The molecule has 4 nitrogen and oxygen atoms in total. The van der Waals surface area contributed by atoms with Crippen molar-refractivity contribution in [2.24, 2.45) is 5.92 Å². The van der Waals surface area contributed by atoms with Crippen molar-refractivity contribution in [3.05, 3.63) is 60.9 Å². The lowest BCUT2D eigenvalue weighted by Gasteiger charge is -2.24. The quantitative estimate of drug-likeness (QED) is 0.198. The van der Waals surface area contributed by atoms with E-state index in [2.05, 4.69) is 85.7 Å². The van der Waals surface area contributed by atoms with Crippen molar-refractivity contribution in [3.63, 3.8) is 0 Å². The molecule has 0 radical (unpaired) electrons. The van der Waals surface area contributed by atoms with Crippen LogP contribution in [0.25, 0.3) is 0 Å². The molecule has 38 heavy (non-hydrogen) atoms. The molecule has 4 heteroatoms. The topological polar surface area (TPSA) is 33.5 Å². The lowest BCUT2D eigenvalue weighted by molar-refractivity contribution is 0.251. The summed E-state index contributed by atoms with van der Waals surface area (Å²) >= 11 is 0. The Morgan fingerprint density at radius 3 is 1.66 bits per heavy atom. The van der Waals surface area contributed by atoms with Crippen LogP contribution < -0.4 is 0 Å². The Hall–Kier alpha value is -2.53. The minimum Gasteiger partial charge on any atom is -0.384 e. The van der Waals surface area contributed by atoms with Crippen molar-refractivity contribution in [2.45, 2.75) is 80.6 Å². The second-order valence-corrected chi connectivity index (χ2v) is 9.41. The predicted molar refractivity (Wildman–Crippen MR) is 174 cm³/mol. The van der Waals surface area contributed by atoms with Crippen LogP contribution in [-0.2, 0) is 0 Å². The Bertz CT molecular complexity index is 693. The summed E-state index contributed by atoms with van der Waals surface area (Å²) in [6, 6.07) is 2.10. The number of likely N-dealkylation sites (N-methyl/N-ethyl adjacent to an activating group) is 1. The van der Waals surface area contributed by atoms with Crippen molar-refractivity contribution >= 4 is 0 Å². The zero-order valence-corrected chi connectivity index (χ0v) is 27.1. The molecule has 1 heterocycles. The van der Waals surface area contributed by atoms with Gasteiger partial charge in [-0.05, 0) is 113 Å². The van der Waals surface area contributed by atoms with Crippen LogP contribution in [0.3, 0.4) is 0 Å². The third-order valence-corrected chi connectivity index (χ3v) is 4.74. The minimum absolute atomic E-state index is 0.745. The molecule has 218 valence electrons. The molecule has 2 aliphatic rings. The highest BCUT2D eigenvalue weighted by molar-refractivity contribution is 5.20. The van der Waals surface area contributed by atoms with Crippen LogP contribution in [-0.4, -0.2) is 69.1 Å². The van der Waals surface area contributed by atoms with Crippen molar-refractivity contribution < 1.29 is 0 Å². The van der Waals surface area contributed by atoms with Gasteiger partial charge in [0.15, 0.2) is 0 Å². The molecule has 0 aromatic heterocycles. The molecule has 0 amide bonds. The van der Waals surface area contributed by atoms with Crippen LogP contribution in [0, 0.1) is 29.1 Å². The maximum Gasteiger partial charge on any atom is 0.0940 e. The number of nitrogens with zero attached hydrogens (tertiary/aromatic N) is 4. The van der Waals surface area contributed by atoms with E-state index >= 15 is 0 Å². The van der Waals surface area contributed by atoms with Crippen molar-refractivity contribution in [2.75, 3.05) is 54.4 Å². The van der Waals surface area contributed by atoms with Gasteiger partial charge in [0.1, 0.15) is 0 Å². The molecule has 1 saturated carbocycles. The summed E-state index contributed by atoms with van der Waals surface area (Å²) in [5.41, 5.74) is 0.868. The Kier molecular flexibility index (Phi) is 41.0. The highest BCUT2D eigenvalue weighted by Gasteiger charge is 2.17. The number of nitriles is 1. The van der Waals surface area contributed by atoms with Gasteiger partial charge in [-0.3, -0.25) is 4.90 Å². The van der Waals surface area contributed by atoms with Crippen LogP contribution in [0.15, 0.2) is 60.9 Å². The molecule has 2 fully saturated rings. The normalized spacial score (nSPS) is 14.4. The molecule has 0 aromatic rings. The van der Waals surface area contributed by atoms with Crippen LogP contribution in [0.4, 0.5) is 0 Å². The summed E-state index contributed by atoms with van der Waals surface area (Å²) in [6.07, 6.45) is 23.2. The first kappa shape index (κ1) is 42.6. The van der Waals surface area contributed by atoms with Crippen molar-refractivity contribution in [3.8, 4) is 17.9 Å². The number of hydrogen-bond acceptors (Lipinski definition) is 4. The molecular weight excluding hydrogens is 464 g/mol. The zero-order valence-electron chi connectivity index (χ0n) is 27.1. The molecule has 0 atom stereocenters. The molecule has 0 bridgehead atoms.